The summed E-state index contributed by atoms with van der Waals surface area (Å²) in [6, 6.07) is 7.30. The van der Waals surface area contributed by atoms with E-state index in [4.69, 9.17) is 9.47 Å². The minimum Gasteiger partial charge on any atom is -0.493 e. The Labute approximate surface area is 147 Å². The van der Waals surface area contributed by atoms with Crippen molar-refractivity contribution in [2.24, 2.45) is 14.1 Å². The highest BCUT2D eigenvalue weighted by Gasteiger charge is 2.11. The van der Waals surface area contributed by atoms with E-state index in [0.717, 1.165) is 10.1 Å². The van der Waals surface area contributed by atoms with Crippen LogP contribution in [-0.4, -0.2) is 34.8 Å². The van der Waals surface area contributed by atoms with Crippen LogP contribution < -0.4 is 20.7 Å². The topological polar surface area (TPSA) is 65.7 Å². The lowest BCUT2D eigenvalue weighted by Crippen LogP contribution is -2.39. The van der Waals surface area contributed by atoms with Gasteiger partial charge in [0.05, 0.1) is 13.7 Å². The molecule has 0 saturated carbocycles. The van der Waals surface area contributed by atoms with E-state index in [1.807, 2.05) is 37.1 Å². The molecule has 1 heterocycles. The molecule has 0 saturated heterocycles. The van der Waals surface area contributed by atoms with E-state index in [0.29, 0.717) is 36.9 Å². The van der Waals surface area contributed by atoms with Crippen LogP contribution in [0.3, 0.4) is 0 Å². The van der Waals surface area contributed by atoms with Gasteiger partial charge in [-0.3, -0.25) is 18.8 Å². The van der Waals surface area contributed by atoms with E-state index in [1.165, 1.54) is 17.7 Å². The minimum absolute atomic E-state index is 0.297. The SMILES string of the molecule is CCOc1ccc(CN(C)Cc2cc(=O)n(C)c(=O)n2C)cc1OC. The van der Waals surface area contributed by atoms with Gasteiger partial charge in [-0.1, -0.05) is 6.07 Å². The maximum Gasteiger partial charge on any atom is 0.330 e. The van der Waals surface area contributed by atoms with Gasteiger partial charge in [0.25, 0.3) is 5.56 Å². The van der Waals surface area contributed by atoms with Crippen LogP contribution in [0.2, 0.25) is 0 Å². The maximum atomic E-state index is 12.0. The van der Waals surface area contributed by atoms with Gasteiger partial charge >= 0.3 is 5.69 Å². The van der Waals surface area contributed by atoms with E-state index in [-0.39, 0.29) is 11.2 Å². The molecule has 0 fully saturated rings. The molecule has 0 amide bonds. The smallest absolute Gasteiger partial charge is 0.330 e. The lowest BCUT2D eigenvalue weighted by Gasteiger charge is -2.19. The van der Waals surface area contributed by atoms with Crippen LogP contribution in [0, 0.1) is 0 Å². The molecule has 1 aromatic carbocycles. The molecule has 0 spiro atoms. The number of benzene rings is 1. The van der Waals surface area contributed by atoms with Gasteiger partial charge in [-0.15, -0.1) is 0 Å². The second-order valence-corrected chi connectivity index (χ2v) is 5.97. The van der Waals surface area contributed by atoms with Crippen molar-refractivity contribution in [3.63, 3.8) is 0 Å². The number of methoxy groups -OCH3 is 1. The fourth-order valence-electron chi connectivity index (χ4n) is 2.66. The Bertz CT molecular complexity index is 854. The number of ether oxygens (including phenoxy) is 2. The summed E-state index contributed by atoms with van der Waals surface area (Å²) >= 11 is 0. The standard InChI is InChI=1S/C18H25N3O4/c1-6-25-15-8-7-13(9-16(15)24-5)11-19(2)12-14-10-17(22)21(4)18(23)20(14)3/h7-10H,6,11-12H2,1-5H3. The van der Waals surface area contributed by atoms with E-state index < -0.39 is 0 Å². The second kappa shape index (κ2) is 8.02. The van der Waals surface area contributed by atoms with Crippen LogP contribution in [-0.2, 0) is 27.2 Å². The Morgan fingerprint density at radius 2 is 1.76 bits per heavy atom. The number of nitrogens with zero attached hydrogens (tertiary/aromatic N) is 3. The van der Waals surface area contributed by atoms with Gasteiger partial charge in [-0.25, -0.2) is 4.79 Å². The van der Waals surface area contributed by atoms with Crippen molar-refractivity contribution in [3.8, 4) is 11.5 Å². The number of aromatic nitrogens is 2. The fourth-order valence-corrected chi connectivity index (χ4v) is 2.66. The Balaban J connectivity index is 2.17. The van der Waals surface area contributed by atoms with Crippen molar-refractivity contribution < 1.29 is 9.47 Å². The fraction of sp³-hybridized carbons (Fsp3) is 0.444. The largest absolute Gasteiger partial charge is 0.493 e. The van der Waals surface area contributed by atoms with Crippen molar-refractivity contribution >= 4 is 0 Å². The summed E-state index contributed by atoms with van der Waals surface area (Å²) in [5.74, 6) is 1.40. The first-order valence-electron chi connectivity index (χ1n) is 8.11. The Morgan fingerprint density at radius 1 is 1.04 bits per heavy atom. The van der Waals surface area contributed by atoms with E-state index >= 15 is 0 Å². The highest BCUT2D eigenvalue weighted by Crippen LogP contribution is 2.28. The van der Waals surface area contributed by atoms with Gasteiger partial charge in [0, 0.05) is 38.9 Å². The monoisotopic (exact) mass is 347 g/mol. The second-order valence-electron chi connectivity index (χ2n) is 5.97. The van der Waals surface area contributed by atoms with Crippen LogP contribution in [0.4, 0.5) is 0 Å². The van der Waals surface area contributed by atoms with Crippen LogP contribution >= 0.6 is 0 Å². The number of rotatable bonds is 7. The van der Waals surface area contributed by atoms with Gasteiger partial charge in [0.1, 0.15) is 0 Å². The van der Waals surface area contributed by atoms with Crippen molar-refractivity contribution in [1.82, 2.24) is 14.0 Å². The molecule has 1 aromatic heterocycles. The van der Waals surface area contributed by atoms with Gasteiger partial charge in [-0.05, 0) is 31.7 Å². The van der Waals surface area contributed by atoms with E-state index in [2.05, 4.69) is 0 Å². The zero-order valence-electron chi connectivity index (χ0n) is 15.4. The van der Waals surface area contributed by atoms with Gasteiger partial charge in [0.2, 0.25) is 0 Å². The number of hydrogen-bond acceptors (Lipinski definition) is 5. The van der Waals surface area contributed by atoms with Crippen LogP contribution in [0.25, 0.3) is 0 Å². The molecule has 0 radical (unpaired) electrons. The average Bonchev–Trinajstić information content (AvgIpc) is 2.59. The first-order valence-corrected chi connectivity index (χ1v) is 8.11. The molecule has 136 valence electrons. The molecule has 0 bridgehead atoms. The zero-order chi connectivity index (χ0) is 18.6. The molecule has 0 aliphatic heterocycles. The zero-order valence-corrected chi connectivity index (χ0v) is 15.4. The quantitative estimate of drug-likeness (QED) is 0.751. The maximum absolute atomic E-state index is 12.0. The Morgan fingerprint density at radius 3 is 2.40 bits per heavy atom. The van der Waals surface area contributed by atoms with Gasteiger partial charge < -0.3 is 9.47 Å². The minimum atomic E-state index is -0.321. The molecule has 0 aliphatic rings. The third-order valence-corrected chi connectivity index (χ3v) is 4.04. The molecular formula is C18H25N3O4. The highest BCUT2D eigenvalue weighted by molar-refractivity contribution is 5.42. The normalized spacial score (nSPS) is 11.0. The van der Waals surface area contributed by atoms with Crippen LogP contribution in [0.15, 0.2) is 33.9 Å². The van der Waals surface area contributed by atoms with E-state index in [9.17, 15) is 9.59 Å². The van der Waals surface area contributed by atoms with Crippen LogP contribution in [0.5, 0.6) is 11.5 Å². The Hall–Kier alpha value is -2.54. The summed E-state index contributed by atoms with van der Waals surface area (Å²) in [7, 11) is 6.70. The van der Waals surface area contributed by atoms with Crippen molar-refractivity contribution in [2.45, 2.75) is 20.0 Å². The molecular weight excluding hydrogens is 322 g/mol. The molecule has 2 aromatic rings. The lowest BCUT2D eigenvalue weighted by molar-refractivity contribution is 0.301. The number of hydrogen-bond donors (Lipinski definition) is 0. The molecule has 0 aliphatic carbocycles. The van der Waals surface area contributed by atoms with Gasteiger partial charge in [-0.2, -0.15) is 0 Å². The summed E-state index contributed by atoms with van der Waals surface area (Å²) in [5, 5.41) is 0. The predicted octanol–water partition coefficient (Wildman–Crippen LogP) is 1.12. The summed E-state index contributed by atoms with van der Waals surface area (Å²) in [5.41, 5.74) is 1.11. The first kappa shape index (κ1) is 18.8. The summed E-state index contributed by atoms with van der Waals surface area (Å²) in [6.45, 7) is 3.63. The third-order valence-electron chi connectivity index (χ3n) is 4.04. The molecule has 0 N–H and O–H groups in total. The molecule has 0 atom stereocenters. The van der Waals surface area contributed by atoms with Crippen LogP contribution in [0.1, 0.15) is 18.2 Å². The lowest BCUT2D eigenvalue weighted by atomic mass is 10.2. The first-order chi connectivity index (χ1) is 11.9. The van der Waals surface area contributed by atoms with Crippen molar-refractivity contribution in [2.75, 3.05) is 20.8 Å². The summed E-state index contributed by atoms with van der Waals surface area (Å²) in [6.07, 6.45) is 0. The summed E-state index contributed by atoms with van der Waals surface area (Å²) in [4.78, 5) is 25.9. The van der Waals surface area contributed by atoms with Crippen molar-refractivity contribution in [1.29, 1.82) is 0 Å². The highest BCUT2D eigenvalue weighted by atomic mass is 16.5. The molecule has 7 heteroatoms. The predicted molar refractivity (Wildman–Crippen MR) is 96.3 cm³/mol. The molecule has 2 rings (SSSR count). The molecule has 7 nitrogen and oxygen atoms in total. The third kappa shape index (κ3) is 4.30. The molecule has 25 heavy (non-hydrogen) atoms. The van der Waals surface area contributed by atoms with Crippen molar-refractivity contribution in [3.05, 3.63) is 56.4 Å². The van der Waals surface area contributed by atoms with Gasteiger partial charge in [0.15, 0.2) is 11.5 Å². The van der Waals surface area contributed by atoms with E-state index in [1.54, 1.807) is 14.2 Å². The molecule has 0 unspecified atom stereocenters. The average molecular weight is 347 g/mol. The summed E-state index contributed by atoms with van der Waals surface area (Å²) < 4.78 is 13.5. The Kier molecular flexibility index (Phi) is 6.03.